The number of anilines is 1. The highest BCUT2D eigenvalue weighted by atomic mass is 35.5. The minimum Gasteiger partial charge on any atom is -0.333 e. The molecule has 0 aromatic heterocycles. The summed E-state index contributed by atoms with van der Waals surface area (Å²) in [6, 6.07) is 15.1. The lowest BCUT2D eigenvalue weighted by Crippen LogP contribution is -2.47. The summed E-state index contributed by atoms with van der Waals surface area (Å²) in [5.41, 5.74) is 3.31. The van der Waals surface area contributed by atoms with Crippen LogP contribution in [0.5, 0.6) is 0 Å². The van der Waals surface area contributed by atoms with E-state index in [0.29, 0.717) is 31.1 Å². The largest absolute Gasteiger partial charge is 0.333 e. The lowest BCUT2D eigenvalue weighted by Gasteiger charge is -2.30. The van der Waals surface area contributed by atoms with E-state index in [9.17, 15) is 9.59 Å². The third kappa shape index (κ3) is 3.40. The molecule has 134 valence electrons. The lowest BCUT2D eigenvalue weighted by molar-refractivity contribution is -0.117. The van der Waals surface area contributed by atoms with Gasteiger partial charge >= 0.3 is 6.03 Å². The topological polar surface area (TPSA) is 52.7 Å². The fraction of sp³-hybridized carbons (Fsp3) is 0.300. The molecule has 1 unspecified atom stereocenters. The summed E-state index contributed by atoms with van der Waals surface area (Å²) in [4.78, 5) is 28.5. The highest BCUT2D eigenvalue weighted by Gasteiger charge is 2.33. The molecule has 4 rings (SSSR count). The average molecular weight is 370 g/mol. The Bertz CT molecular complexity index is 837. The van der Waals surface area contributed by atoms with Gasteiger partial charge in [0.05, 0.1) is 6.04 Å². The maximum Gasteiger partial charge on any atom is 0.318 e. The monoisotopic (exact) mass is 369 g/mol. The molecule has 6 heteroatoms. The number of halogens is 1. The Balaban J connectivity index is 1.38. The first-order valence-electron chi connectivity index (χ1n) is 8.78. The molecule has 2 heterocycles. The number of rotatable bonds is 2. The van der Waals surface area contributed by atoms with Crippen molar-refractivity contribution in [2.24, 2.45) is 0 Å². The molecule has 1 atom stereocenters. The Kier molecular flexibility index (Phi) is 4.55. The van der Waals surface area contributed by atoms with Gasteiger partial charge in [0.2, 0.25) is 5.91 Å². The zero-order valence-electron chi connectivity index (χ0n) is 14.3. The third-order valence-electron chi connectivity index (χ3n) is 5.01. The van der Waals surface area contributed by atoms with Gasteiger partial charge in [-0.05, 0) is 41.8 Å². The van der Waals surface area contributed by atoms with E-state index in [1.54, 1.807) is 17.0 Å². The van der Waals surface area contributed by atoms with Gasteiger partial charge in [-0.1, -0.05) is 35.9 Å². The van der Waals surface area contributed by atoms with Crippen LogP contribution >= 0.6 is 11.6 Å². The molecule has 0 aliphatic carbocycles. The number of urea groups is 1. The molecule has 1 saturated heterocycles. The van der Waals surface area contributed by atoms with Gasteiger partial charge in [0.15, 0.2) is 0 Å². The fourth-order valence-electron chi connectivity index (χ4n) is 3.61. The van der Waals surface area contributed by atoms with Crippen molar-refractivity contribution < 1.29 is 9.59 Å². The smallest absolute Gasteiger partial charge is 0.318 e. The number of nitrogens with zero attached hydrogens (tertiary/aromatic N) is 2. The number of nitrogens with one attached hydrogen (secondary N) is 1. The second kappa shape index (κ2) is 7.00. The van der Waals surface area contributed by atoms with Crippen molar-refractivity contribution in [3.63, 3.8) is 0 Å². The number of carbonyl (C=O) groups is 2. The molecule has 5 nitrogen and oxygen atoms in total. The molecule has 1 fully saturated rings. The number of amides is 3. The predicted octanol–water partition coefficient (Wildman–Crippen LogP) is 3.21. The van der Waals surface area contributed by atoms with Crippen LogP contribution in [0.3, 0.4) is 0 Å². The SMILES string of the molecule is O=C(NC1CC(=O)N(c2ccc(Cl)cc2)C1)N1CCc2ccccc2C1. The van der Waals surface area contributed by atoms with Gasteiger partial charge in [0.25, 0.3) is 0 Å². The molecule has 2 aliphatic rings. The van der Waals surface area contributed by atoms with Crippen molar-refractivity contribution >= 4 is 29.2 Å². The summed E-state index contributed by atoms with van der Waals surface area (Å²) in [7, 11) is 0. The molecule has 0 spiro atoms. The molecule has 2 aromatic carbocycles. The van der Waals surface area contributed by atoms with E-state index < -0.39 is 0 Å². The van der Waals surface area contributed by atoms with E-state index in [2.05, 4.69) is 17.4 Å². The number of hydrogen-bond donors (Lipinski definition) is 1. The van der Waals surface area contributed by atoms with Crippen LogP contribution in [-0.4, -0.2) is 36.0 Å². The van der Waals surface area contributed by atoms with E-state index >= 15 is 0 Å². The van der Waals surface area contributed by atoms with Crippen LogP contribution in [-0.2, 0) is 17.8 Å². The Hall–Kier alpha value is -2.53. The van der Waals surface area contributed by atoms with Crippen molar-refractivity contribution in [3.8, 4) is 0 Å². The summed E-state index contributed by atoms with van der Waals surface area (Å²) in [6.45, 7) is 1.80. The van der Waals surface area contributed by atoms with E-state index in [-0.39, 0.29) is 18.0 Å². The first kappa shape index (κ1) is 16.9. The summed E-state index contributed by atoms with van der Waals surface area (Å²) in [6.07, 6.45) is 1.18. The van der Waals surface area contributed by atoms with Gasteiger partial charge in [0.1, 0.15) is 0 Å². The maximum atomic E-state index is 12.6. The minimum absolute atomic E-state index is 0.0154. The van der Waals surface area contributed by atoms with E-state index in [0.717, 1.165) is 12.1 Å². The van der Waals surface area contributed by atoms with Crippen molar-refractivity contribution in [2.75, 3.05) is 18.0 Å². The number of carbonyl (C=O) groups excluding carboxylic acids is 2. The zero-order valence-corrected chi connectivity index (χ0v) is 15.1. The van der Waals surface area contributed by atoms with Gasteiger partial charge in [0, 0.05) is 36.8 Å². The quantitative estimate of drug-likeness (QED) is 0.883. The second-order valence-corrected chi connectivity index (χ2v) is 7.21. The van der Waals surface area contributed by atoms with Crippen LogP contribution in [0.2, 0.25) is 5.02 Å². The zero-order chi connectivity index (χ0) is 18.1. The second-order valence-electron chi connectivity index (χ2n) is 6.77. The summed E-state index contributed by atoms with van der Waals surface area (Å²) in [5.74, 6) is 0.0154. The van der Waals surface area contributed by atoms with E-state index in [4.69, 9.17) is 11.6 Å². The van der Waals surface area contributed by atoms with E-state index in [1.165, 1.54) is 11.1 Å². The highest BCUT2D eigenvalue weighted by molar-refractivity contribution is 6.30. The van der Waals surface area contributed by atoms with Crippen LogP contribution in [0.25, 0.3) is 0 Å². The first-order chi connectivity index (χ1) is 12.6. The van der Waals surface area contributed by atoms with Crippen molar-refractivity contribution in [3.05, 3.63) is 64.7 Å². The van der Waals surface area contributed by atoms with Crippen molar-refractivity contribution in [2.45, 2.75) is 25.4 Å². The minimum atomic E-state index is -0.178. The molecule has 2 aliphatic heterocycles. The van der Waals surface area contributed by atoms with E-state index in [1.807, 2.05) is 29.2 Å². The summed E-state index contributed by atoms with van der Waals surface area (Å²) in [5, 5.41) is 3.65. The van der Waals surface area contributed by atoms with Gasteiger partial charge in [-0.15, -0.1) is 0 Å². The Morgan fingerprint density at radius 3 is 2.58 bits per heavy atom. The molecule has 0 bridgehead atoms. The van der Waals surface area contributed by atoms with Crippen LogP contribution < -0.4 is 10.2 Å². The van der Waals surface area contributed by atoms with Crippen molar-refractivity contribution in [1.82, 2.24) is 10.2 Å². The average Bonchev–Trinajstić information content (AvgIpc) is 3.02. The molecule has 0 radical (unpaired) electrons. The third-order valence-corrected chi connectivity index (χ3v) is 5.26. The lowest BCUT2D eigenvalue weighted by atomic mass is 10.0. The summed E-state index contributed by atoms with van der Waals surface area (Å²) < 4.78 is 0. The van der Waals surface area contributed by atoms with Gasteiger partial charge in [-0.25, -0.2) is 4.79 Å². The van der Waals surface area contributed by atoms with Crippen LogP contribution in [0.15, 0.2) is 48.5 Å². The van der Waals surface area contributed by atoms with Gasteiger partial charge < -0.3 is 15.1 Å². The van der Waals surface area contributed by atoms with Crippen LogP contribution in [0.4, 0.5) is 10.5 Å². The van der Waals surface area contributed by atoms with Crippen LogP contribution in [0.1, 0.15) is 17.5 Å². The Morgan fingerprint density at radius 2 is 1.81 bits per heavy atom. The molecular weight excluding hydrogens is 350 g/mol. The fourth-order valence-corrected chi connectivity index (χ4v) is 3.74. The van der Waals surface area contributed by atoms with Gasteiger partial charge in [-0.2, -0.15) is 0 Å². The molecule has 0 saturated carbocycles. The molecule has 3 amide bonds. The first-order valence-corrected chi connectivity index (χ1v) is 9.16. The summed E-state index contributed by atoms with van der Waals surface area (Å²) >= 11 is 5.91. The number of benzene rings is 2. The Labute approximate surface area is 157 Å². The molecule has 1 N–H and O–H groups in total. The van der Waals surface area contributed by atoms with Gasteiger partial charge in [-0.3, -0.25) is 4.79 Å². The maximum absolute atomic E-state index is 12.6. The Morgan fingerprint density at radius 1 is 1.08 bits per heavy atom. The number of hydrogen-bond acceptors (Lipinski definition) is 2. The standard InChI is InChI=1S/C20H20ClN3O2/c21-16-5-7-18(8-6-16)24-13-17(11-19(24)25)22-20(26)23-10-9-14-3-1-2-4-15(14)12-23/h1-8,17H,9-13H2,(H,22,26). The van der Waals surface area contributed by atoms with Crippen molar-refractivity contribution in [1.29, 1.82) is 0 Å². The van der Waals surface area contributed by atoms with Crippen LogP contribution in [0, 0.1) is 0 Å². The predicted molar refractivity (Wildman–Crippen MR) is 101 cm³/mol. The number of fused-ring (bicyclic) bond motifs is 1. The molecule has 26 heavy (non-hydrogen) atoms. The normalized spacial score (nSPS) is 19.4. The molecule has 2 aromatic rings. The highest BCUT2D eigenvalue weighted by Crippen LogP contribution is 2.24. The molecular formula is C20H20ClN3O2.